The van der Waals surface area contributed by atoms with Gasteiger partial charge in [0.05, 0.1) is 24.6 Å². The number of halogens is 2. The molecule has 19 heavy (non-hydrogen) atoms. The SMILES string of the molecule is CCCC[P+](CCCC)(CCCC)CCCC.[Cl-].[Cl-]. The zero-order valence-corrected chi connectivity index (χ0v) is 16.1. The van der Waals surface area contributed by atoms with Crippen molar-refractivity contribution < 1.29 is 24.8 Å². The molecule has 0 saturated carbocycles. The van der Waals surface area contributed by atoms with Crippen molar-refractivity contribution in [2.75, 3.05) is 24.6 Å². The molecular weight excluding hydrogens is 294 g/mol. The molecule has 0 rings (SSSR count). The molecule has 0 amide bonds. The van der Waals surface area contributed by atoms with Gasteiger partial charge in [-0.1, -0.05) is 53.4 Å². The van der Waals surface area contributed by atoms with Gasteiger partial charge in [0.15, 0.2) is 0 Å². The second kappa shape index (κ2) is 17.1. The molecule has 0 heterocycles. The average Bonchev–Trinajstić information content (AvgIpc) is 2.37. The Bertz CT molecular complexity index is 125. The molecule has 0 aliphatic heterocycles. The molecule has 0 radical (unpaired) electrons. The first-order chi connectivity index (χ1) is 8.24. The Balaban J connectivity index is -0.00000128. The Hall–Kier alpha value is 1.01. The fourth-order valence-electron chi connectivity index (χ4n) is 2.64. The Labute approximate surface area is 136 Å². The molecule has 3 heteroatoms. The molecule has 120 valence electrons. The molecule has 0 unspecified atom stereocenters. The Morgan fingerprint density at radius 1 is 0.474 bits per heavy atom. The van der Waals surface area contributed by atoms with Crippen LogP contribution in [0.4, 0.5) is 0 Å². The van der Waals surface area contributed by atoms with Gasteiger partial charge in [-0.05, 0) is 25.7 Å². The lowest BCUT2D eigenvalue weighted by atomic mass is 10.4. The lowest BCUT2D eigenvalue weighted by Crippen LogP contribution is -3.00. The fourth-order valence-corrected chi connectivity index (χ4v) is 7.93. The normalized spacial score (nSPS) is 10.7. The highest BCUT2D eigenvalue weighted by Crippen LogP contribution is 2.61. The topological polar surface area (TPSA) is 0 Å². The van der Waals surface area contributed by atoms with E-state index in [4.69, 9.17) is 0 Å². The average molecular weight is 330 g/mol. The Morgan fingerprint density at radius 2 is 0.684 bits per heavy atom. The van der Waals surface area contributed by atoms with Crippen LogP contribution in [0.25, 0.3) is 0 Å². The van der Waals surface area contributed by atoms with Crippen LogP contribution in [-0.2, 0) is 0 Å². The van der Waals surface area contributed by atoms with E-state index in [9.17, 15) is 0 Å². The van der Waals surface area contributed by atoms with E-state index >= 15 is 0 Å². The van der Waals surface area contributed by atoms with E-state index in [0.29, 0.717) is 0 Å². The summed E-state index contributed by atoms with van der Waals surface area (Å²) in [6, 6.07) is 0. The number of unbranched alkanes of at least 4 members (excludes halogenated alkanes) is 4. The van der Waals surface area contributed by atoms with Gasteiger partial charge in [-0.3, -0.25) is 0 Å². The number of hydrogen-bond acceptors (Lipinski definition) is 0. The molecule has 0 spiro atoms. The van der Waals surface area contributed by atoms with Gasteiger partial charge in [-0.25, -0.2) is 0 Å². The molecule has 0 aromatic rings. The maximum Gasteiger partial charge on any atom is 0.0594 e. The molecule has 0 aliphatic rings. The number of rotatable bonds is 12. The first kappa shape index (κ1) is 25.0. The molecule has 0 aliphatic carbocycles. The van der Waals surface area contributed by atoms with E-state index in [2.05, 4.69) is 27.7 Å². The van der Waals surface area contributed by atoms with Crippen LogP contribution in [0.3, 0.4) is 0 Å². The molecule has 0 aromatic carbocycles. The van der Waals surface area contributed by atoms with Crippen molar-refractivity contribution in [3.63, 3.8) is 0 Å². The second-order valence-corrected chi connectivity index (χ2v) is 10.1. The molecule has 0 bridgehead atoms. The van der Waals surface area contributed by atoms with E-state index < -0.39 is 7.26 Å². The van der Waals surface area contributed by atoms with E-state index in [1.807, 2.05) is 0 Å². The van der Waals surface area contributed by atoms with E-state index in [0.717, 1.165) is 0 Å². The Morgan fingerprint density at radius 3 is 0.842 bits per heavy atom. The lowest BCUT2D eigenvalue weighted by molar-refractivity contribution is -0.001000. The molecule has 0 atom stereocenters. The maximum absolute atomic E-state index is 2.36. The quantitative estimate of drug-likeness (QED) is 0.449. The summed E-state index contributed by atoms with van der Waals surface area (Å²) < 4.78 is 0. The molecule has 0 nitrogen and oxygen atoms in total. The first-order valence-electron chi connectivity index (χ1n) is 8.09. The van der Waals surface area contributed by atoms with Crippen molar-refractivity contribution in [3.05, 3.63) is 0 Å². The van der Waals surface area contributed by atoms with Crippen molar-refractivity contribution >= 4 is 7.26 Å². The highest BCUT2D eigenvalue weighted by Gasteiger charge is 2.34. The standard InChI is InChI=1S/C16H36P.2ClH/c1-5-9-13-17(14-10-6-2,15-11-7-3)16-12-8-4;;/h5-16H2,1-4H3;2*1H/q+1;;/p-2. The van der Waals surface area contributed by atoms with Gasteiger partial charge in [0.1, 0.15) is 0 Å². The highest BCUT2D eigenvalue weighted by molar-refractivity contribution is 7.75. The summed E-state index contributed by atoms with van der Waals surface area (Å²) in [5.41, 5.74) is 0. The van der Waals surface area contributed by atoms with Gasteiger partial charge < -0.3 is 24.8 Å². The third-order valence-corrected chi connectivity index (χ3v) is 9.00. The molecule has 0 saturated heterocycles. The fraction of sp³-hybridized carbons (Fsp3) is 1.00. The van der Waals surface area contributed by atoms with Crippen LogP contribution < -0.4 is 24.8 Å². The van der Waals surface area contributed by atoms with E-state index in [1.165, 1.54) is 51.4 Å². The summed E-state index contributed by atoms with van der Waals surface area (Å²) in [5.74, 6) is 0. The van der Waals surface area contributed by atoms with Crippen LogP contribution in [0.15, 0.2) is 0 Å². The predicted octanol–water partition coefficient (Wildman–Crippen LogP) is 0.212. The zero-order chi connectivity index (χ0) is 13.0. The van der Waals surface area contributed by atoms with Crippen LogP contribution in [0.5, 0.6) is 0 Å². The predicted molar refractivity (Wildman–Crippen MR) is 86.0 cm³/mol. The van der Waals surface area contributed by atoms with Crippen molar-refractivity contribution in [2.45, 2.75) is 79.1 Å². The third-order valence-electron chi connectivity index (χ3n) is 3.94. The summed E-state index contributed by atoms with van der Waals surface area (Å²) in [5, 5.41) is 0. The minimum Gasteiger partial charge on any atom is -1.00 e. The monoisotopic (exact) mass is 329 g/mol. The van der Waals surface area contributed by atoms with Gasteiger partial charge in [0.2, 0.25) is 0 Å². The minimum atomic E-state index is -0.562. The van der Waals surface area contributed by atoms with Crippen molar-refractivity contribution in [2.24, 2.45) is 0 Å². The van der Waals surface area contributed by atoms with Gasteiger partial charge >= 0.3 is 0 Å². The zero-order valence-electron chi connectivity index (χ0n) is 13.7. The minimum absolute atomic E-state index is 0. The van der Waals surface area contributed by atoms with Gasteiger partial charge in [0, 0.05) is 7.26 Å². The summed E-state index contributed by atoms with van der Waals surface area (Å²) in [6.07, 6.45) is 17.9. The Kier molecular flexibility index (Phi) is 22.4. The van der Waals surface area contributed by atoms with Crippen LogP contribution >= 0.6 is 7.26 Å². The summed E-state index contributed by atoms with van der Waals surface area (Å²) in [7, 11) is -0.562. The van der Waals surface area contributed by atoms with Crippen LogP contribution in [0.1, 0.15) is 79.1 Å². The van der Waals surface area contributed by atoms with Crippen LogP contribution in [0.2, 0.25) is 0 Å². The lowest BCUT2D eigenvalue weighted by Gasteiger charge is -2.28. The van der Waals surface area contributed by atoms with E-state index in [1.54, 1.807) is 24.6 Å². The highest BCUT2D eigenvalue weighted by atomic mass is 35.5. The maximum atomic E-state index is 2.36. The largest absolute Gasteiger partial charge is 1.00 e. The van der Waals surface area contributed by atoms with Crippen molar-refractivity contribution in [3.8, 4) is 0 Å². The van der Waals surface area contributed by atoms with Gasteiger partial charge in [0.25, 0.3) is 0 Å². The van der Waals surface area contributed by atoms with Gasteiger partial charge in [-0.15, -0.1) is 0 Å². The third kappa shape index (κ3) is 12.5. The summed E-state index contributed by atoms with van der Waals surface area (Å²) in [6.45, 7) is 9.42. The van der Waals surface area contributed by atoms with Crippen molar-refractivity contribution in [1.82, 2.24) is 0 Å². The van der Waals surface area contributed by atoms with Gasteiger partial charge in [-0.2, -0.15) is 0 Å². The molecule has 0 N–H and O–H groups in total. The van der Waals surface area contributed by atoms with Crippen LogP contribution in [-0.4, -0.2) is 24.6 Å². The van der Waals surface area contributed by atoms with Crippen LogP contribution in [0, 0.1) is 0 Å². The molecule has 0 aromatic heterocycles. The summed E-state index contributed by atoms with van der Waals surface area (Å²) >= 11 is 0. The van der Waals surface area contributed by atoms with E-state index in [-0.39, 0.29) is 24.8 Å². The molecular formula is C16H36Cl2P-. The smallest absolute Gasteiger partial charge is 0.0594 e. The second-order valence-electron chi connectivity index (χ2n) is 5.65. The van der Waals surface area contributed by atoms with Crippen molar-refractivity contribution in [1.29, 1.82) is 0 Å². The summed E-state index contributed by atoms with van der Waals surface area (Å²) in [4.78, 5) is 0. The first-order valence-corrected chi connectivity index (χ1v) is 10.6. The molecule has 0 fully saturated rings. The number of hydrogen-bond donors (Lipinski definition) is 0.